The summed E-state index contributed by atoms with van der Waals surface area (Å²) in [6, 6.07) is 7.47. The Balaban J connectivity index is 2.17. The van der Waals surface area contributed by atoms with E-state index < -0.39 is 35.6 Å². The molecular weight excluding hydrogens is 316 g/mol. The zero-order valence-corrected chi connectivity index (χ0v) is 12.3. The van der Waals surface area contributed by atoms with Gasteiger partial charge in [0, 0.05) is 0 Å². The van der Waals surface area contributed by atoms with Crippen LogP contribution in [0.4, 0.5) is 0 Å². The molecule has 0 amide bonds. The second-order valence-electron chi connectivity index (χ2n) is 5.19. The van der Waals surface area contributed by atoms with Crippen LogP contribution in [-0.2, 0) is 0 Å². The highest BCUT2D eigenvalue weighted by molar-refractivity contribution is 5.70. The number of hydrogen-bond acceptors (Lipinski definition) is 6. The van der Waals surface area contributed by atoms with Crippen molar-refractivity contribution in [1.82, 2.24) is 19.5 Å². The number of fused-ring (bicyclic) bond motifs is 1. The van der Waals surface area contributed by atoms with Crippen molar-refractivity contribution in [1.29, 1.82) is 0 Å². The van der Waals surface area contributed by atoms with Gasteiger partial charge < -0.3 is 15.2 Å². The van der Waals surface area contributed by atoms with Gasteiger partial charge in [-0.05, 0) is 5.56 Å². The van der Waals surface area contributed by atoms with Crippen LogP contribution in [0.2, 0.25) is 0 Å². The minimum absolute atomic E-state index is 0.221. The smallest absolute Gasteiger partial charge is 0.326 e. The molecular formula is C15H14N4O5. The van der Waals surface area contributed by atoms with Crippen molar-refractivity contribution in [2.75, 3.05) is 6.61 Å². The molecule has 9 heteroatoms. The van der Waals surface area contributed by atoms with Gasteiger partial charge in [0.05, 0.1) is 19.0 Å². The molecule has 3 aromatic rings. The molecule has 2 heterocycles. The van der Waals surface area contributed by atoms with E-state index in [9.17, 15) is 24.6 Å². The number of rotatable bonds is 4. The van der Waals surface area contributed by atoms with Crippen molar-refractivity contribution in [3.63, 3.8) is 0 Å². The maximum atomic E-state index is 12.5. The molecule has 0 aliphatic rings. The van der Waals surface area contributed by atoms with Gasteiger partial charge in [-0.3, -0.25) is 19.1 Å². The first kappa shape index (κ1) is 15.8. The molecule has 24 heavy (non-hydrogen) atoms. The Kier molecular flexibility index (Phi) is 4.11. The van der Waals surface area contributed by atoms with Crippen LogP contribution in [0.5, 0.6) is 0 Å². The second kappa shape index (κ2) is 6.22. The number of benzene rings is 1. The molecule has 0 aliphatic heterocycles. The van der Waals surface area contributed by atoms with Gasteiger partial charge in [-0.2, -0.15) is 0 Å². The van der Waals surface area contributed by atoms with E-state index in [1.807, 2.05) is 4.98 Å². The van der Waals surface area contributed by atoms with Crippen molar-refractivity contribution in [3.8, 4) is 0 Å². The SMILES string of the molecule is O=c1[nH]c(=O)c2ncn(C(CO)C(O)c3ccccc3)c(=O)c2[nH]1. The van der Waals surface area contributed by atoms with Crippen molar-refractivity contribution in [2.45, 2.75) is 12.1 Å². The molecule has 0 saturated carbocycles. The Morgan fingerprint density at radius 3 is 2.50 bits per heavy atom. The lowest BCUT2D eigenvalue weighted by Crippen LogP contribution is -2.35. The molecule has 0 saturated heterocycles. The minimum atomic E-state index is -1.18. The summed E-state index contributed by atoms with van der Waals surface area (Å²) in [6.45, 7) is -0.545. The minimum Gasteiger partial charge on any atom is -0.394 e. The van der Waals surface area contributed by atoms with Crippen molar-refractivity contribution < 1.29 is 10.2 Å². The molecule has 0 aliphatic carbocycles. The lowest BCUT2D eigenvalue weighted by Gasteiger charge is -2.23. The van der Waals surface area contributed by atoms with Gasteiger partial charge in [0.15, 0.2) is 5.52 Å². The number of nitrogens with zero attached hydrogens (tertiary/aromatic N) is 2. The predicted molar refractivity (Wildman–Crippen MR) is 84.8 cm³/mol. The molecule has 3 rings (SSSR count). The standard InChI is InChI=1S/C15H14N4O5/c20-6-9(12(21)8-4-2-1-3-5-8)19-7-16-10-11(14(19)23)17-15(24)18-13(10)22/h1-5,7,9,12,20-21H,6H2,(H2,17,18,22,24). The Bertz CT molecular complexity index is 1040. The highest BCUT2D eigenvalue weighted by atomic mass is 16.3. The molecule has 2 unspecified atom stereocenters. The van der Waals surface area contributed by atoms with E-state index >= 15 is 0 Å². The summed E-state index contributed by atoms with van der Waals surface area (Å²) in [5.74, 6) is 0. The van der Waals surface area contributed by atoms with Gasteiger partial charge in [-0.1, -0.05) is 30.3 Å². The van der Waals surface area contributed by atoms with Gasteiger partial charge in [0.2, 0.25) is 0 Å². The quantitative estimate of drug-likeness (QED) is 0.485. The van der Waals surface area contributed by atoms with Gasteiger partial charge in [0.1, 0.15) is 11.6 Å². The fraction of sp³-hybridized carbons (Fsp3) is 0.200. The van der Waals surface area contributed by atoms with E-state index in [0.29, 0.717) is 5.56 Å². The molecule has 2 atom stereocenters. The molecule has 4 N–H and O–H groups in total. The molecule has 0 radical (unpaired) electrons. The number of aromatic amines is 2. The van der Waals surface area contributed by atoms with Crippen LogP contribution in [-0.4, -0.2) is 36.3 Å². The number of aliphatic hydroxyl groups is 2. The van der Waals surface area contributed by atoms with Crippen LogP contribution in [0.15, 0.2) is 51.0 Å². The number of nitrogens with one attached hydrogen (secondary N) is 2. The van der Waals surface area contributed by atoms with E-state index in [1.165, 1.54) is 0 Å². The Labute approximate surface area is 133 Å². The lowest BCUT2D eigenvalue weighted by atomic mass is 10.0. The molecule has 0 fully saturated rings. The summed E-state index contributed by atoms with van der Waals surface area (Å²) in [5.41, 5.74) is -2.37. The van der Waals surface area contributed by atoms with Gasteiger partial charge in [-0.25, -0.2) is 9.78 Å². The highest BCUT2D eigenvalue weighted by Crippen LogP contribution is 2.24. The predicted octanol–water partition coefficient (Wildman–Crippen LogP) is -0.960. The van der Waals surface area contributed by atoms with Gasteiger partial charge >= 0.3 is 5.69 Å². The summed E-state index contributed by atoms with van der Waals surface area (Å²) >= 11 is 0. The molecule has 0 spiro atoms. The topological polar surface area (TPSA) is 141 Å². The van der Waals surface area contributed by atoms with E-state index in [4.69, 9.17) is 0 Å². The summed E-state index contributed by atoms with van der Waals surface area (Å²) < 4.78 is 0.995. The zero-order valence-electron chi connectivity index (χ0n) is 12.3. The first-order valence-electron chi connectivity index (χ1n) is 7.10. The fourth-order valence-corrected chi connectivity index (χ4v) is 2.51. The lowest BCUT2D eigenvalue weighted by molar-refractivity contribution is 0.0707. The molecule has 124 valence electrons. The maximum absolute atomic E-state index is 12.5. The van der Waals surface area contributed by atoms with E-state index in [1.54, 1.807) is 30.3 Å². The van der Waals surface area contributed by atoms with Crippen molar-refractivity contribution in [3.05, 3.63) is 73.4 Å². The average molecular weight is 330 g/mol. The largest absolute Gasteiger partial charge is 0.394 e. The van der Waals surface area contributed by atoms with E-state index in [0.717, 1.165) is 10.9 Å². The molecule has 2 aromatic heterocycles. The van der Waals surface area contributed by atoms with Crippen LogP contribution >= 0.6 is 0 Å². The number of H-pyrrole nitrogens is 2. The number of hydrogen-bond donors (Lipinski definition) is 4. The van der Waals surface area contributed by atoms with E-state index in [-0.39, 0.29) is 11.0 Å². The van der Waals surface area contributed by atoms with Crippen molar-refractivity contribution in [2.24, 2.45) is 0 Å². The third-order valence-corrected chi connectivity index (χ3v) is 3.73. The average Bonchev–Trinajstić information content (AvgIpc) is 2.58. The molecule has 0 bridgehead atoms. The Morgan fingerprint density at radius 1 is 1.12 bits per heavy atom. The third-order valence-electron chi connectivity index (χ3n) is 3.73. The first-order valence-corrected chi connectivity index (χ1v) is 7.10. The highest BCUT2D eigenvalue weighted by Gasteiger charge is 2.24. The summed E-state index contributed by atoms with van der Waals surface area (Å²) in [6.07, 6.45) is -0.118. The normalized spacial score (nSPS) is 13.8. The summed E-state index contributed by atoms with van der Waals surface area (Å²) in [5, 5.41) is 20.1. The van der Waals surface area contributed by atoms with Crippen LogP contribution in [0, 0.1) is 0 Å². The Morgan fingerprint density at radius 2 is 1.83 bits per heavy atom. The summed E-state index contributed by atoms with van der Waals surface area (Å²) in [7, 11) is 0. The monoisotopic (exact) mass is 330 g/mol. The summed E-state index contributed by atoms with van der Waals surface area (Å²) in [4.78, 5) is 43.7. The maximum Gasteiger partial charge on any atom is 0.326 e. The molecule has 9 nitrogen and oxygen atoms in total. The van der Waals surface area contributed by atoms with E-state index in [2.05, 4.69) is 9.97 Å². The van der Waals surface area contributed by atoms with Gasteiger partial charge in [-0.15, -0.1) is 0 Å². The fourth-order valence-electron chi connectivity index (χ4n) is 2.51. The molecule has 1 aromatic carbocycles. The van der Waals surface area contributed by atoms with Gasteiger partial charge in [0.25, 0.3) is 11.1 Å². The zero-order chi connectivity index (χ0) is 17.3. The van der Waals surface area contributed by atoms with Crippen LogP contribution in [0.3, 0.4) is 0 Å². The Hall–Kier alpha value is -3.04. The van der Waals surface area contributed by atoms with Crippen molar-refractivity contribution >= 4 is 11.0 Å². The number of aromatic nitrogens is 4. The van der Waals surface area contributed by atoms with Crippen LogP contribution < -0.4 is 16.8 Å². The van der Waals surface area contributed by atoms with Crippen LogP contribution in [0.1, 0.15) is 17.7 Å². The van der Waals surface area contributed by atoms with Crippen LogP contribution in [0.25, 0.3) is 11.0 Å². The second-order valence-corrected chi connectivity index (χ2v) is 5.19. The first-order chi connectivity index (χ1) is 11.5. The number of aliphatic hydroxyl groups excluding tert-OH is 2. The third kappa shape index (κ3) is 2.66.